The molecule has 76 valence electrons. The van der Waals surface area contributed by atoms with E-state index in [9.17, 15) is 13.6 Å². The van der Waals surface area contributed by atoms with Crippen LogP contribution in [0, 0.1) is 6.92 Å². The normalized spacial score (nSPS) is 10.6. The summed E-state index contributed by atoms with van der Waals surface area (Å²) in [6, 6.07) is 0. The van der Waals surface area contributed by atoms with Crippen molar-refractivity contribution in [1.29, 1.82) is 0 Å². The second-order valence-corrected chi connectivity index (χ2v) is 2.69. The van der Waals surface area contributed by atoms with E-state index in [2.05, 4.69) is 4.98 Å². The number of nitrogens with zero attached hydrogens (tertiary/aromatic N) is 1. The molecule has 0 amide bonds. The Balaban J connectivity index is 3.45. The summed E-state index contributed by atoms with van der Waals surface area (Å²) in [5.41, 5.74) is 4.15. The predicted octanol–water partition coefficient (Wildman–Crippen LogP) is 1.61. The Morgan fingerprint density at radius 2 is 2.21 bits per heavy atom. The Hall–Kier alpha value is -1.72. The van der Waals surface area contributed by atoms with Crippen LogP contribution in [-0.2, 0) is 0 Å². The molecule has 1 heterocycles. The van der Waals surface area contributed by atoms with Crippen LogP contribution in [0.1, 0.15) is 28.0 Å². The van der Waals surface area contributed by atoms with Crippen LogP contribution >= 0.6 is 0 Å². The van der Waals surface area contributed by atoms with Crippen molar-refractivity contribution in [2.24, 2.45) is 0 Å². The molecule has 0 spiro atoms. The third-order valence-corrected chi connectivity index (χ3v) is 1.79. The number of carboxylic acid groups (broad SMARTS) is 1. The fourth-order valence-electron chi connectivity index (χ4n) is 1.04. The Kier molecular flexibility index (Phi) is 2.64. The van der Waals surface area contributed by atoms with E-state index >= 15 is 0 Å². The van der Waals surface area contributed by atoms with Crippen molar-refractivity contribution < 1.29 is 18.7 Å². The first-order valence-electron chi connectivity index (χ1n) is 3.71. The number of aromatic carboxylic acids is 1. The van der Waals surface area contributed by atoms with Crippen LogP contribution in [0.5, 0.6) is 0 Å². The maximum atomic E-state index is 12.3. The lowest BCUT2D eigenvalue weighted by molar-refractivity contribution is 0.0685. The highest BCUT2D eigenvalue weighted by atomic mass is 19.3. The molecule has 6 heteroatoms. The quantitative estimate of drug-likeness (QED) is 0.763. The molecule has 0 aliphatic rings. The van der Waals surface area contributed by atoms with E-state index in [1.54, 1.807) is 0 Å². The van der Waals surface area contributed by atoms with Crippen LogP contribution in [0.15, 0.2) is 6.20 Å². The monoisotopic (exact) mass is 202 g/mol. The minimum atomic E-state index is -2.89. The zero-order valence-corrected chi connectivity index (χ0v) is 7.29. The van der Waals surface area contributed by atoms with Gasteiger partial charge >= 0.3 is 5.97 Å². The summed E-state index contributed by atoms with van der Waals surface area (Å²) in [6.07, 6.45) is -2.06. The van der Waals surface area contributed by atoms with Gasteiger partial charge in [-0.25, -0.2) is 13.6 Å². The van der Waals surface area contributed by atoms with Crippen LogP contribution < -0.4 is 5.73 Å². The van der Waals surface area contributed by atoms with Crippen LogP contribution in [0.25, 0.3) is 0 Å². The van der Waals surface area contributed by atoms with E-state index < -0.39 is 23.5 Å². The lowest BCUT2D eigenvalue weighted by atomic mass is 10.1. The van der Waals surface area contributed by atoms with Crippen molar-refractivity contribution in [3.05, 3.63) is 23.0 Å². The van der Waals surface area contributed by atoms with Crippen LogP contribution in [-0.4, -0.2) is 16.1 Å². The number of hydrogen-bond acceptors (Lipinski definition) is 3. The highest BCUT2D eigenvalue weighted by Gasteiger charge is 2.22. The van der Waals surface area contributed by atoms with Gasteiger partial charge in [0.05, 0.1) is 22.5 Å². The van der Waals surface area contributed by atoms with Gasteiger partial charge < -0.3 is 10.8 Å². The average molecular weight is 202 g/mol. The predicted molar refractivity (Wildman–Crippen MR) is 45.3 cm³/mol. The molecule has 0 aliphatic carbocycles. The second-order valence-electron chi connectivity index (χ2n) is 2.69. The molecule has 0 atom stereocenters. The number of carbonyl (C=O) groups is 1. The number of hydrogen-bond donors (Lipinski definition) is 2. The highest BCUT2D eigenvalue weighted by molar-refractivity contribution is 5.95. The van der Waals surface area contributed by atoms with Gasteiger partial charge in [-0.3, -0.25) is 4.98 Å². The Labute approximate surface area is 78.4 Å². The van der Waals surface area contributed by atoms with Crippen molar-refractivity contribution >= 4 is 11.7 Å². The lowest BCUT2D eigenvalue weighted by Crippen LogP contribution is -2.10. The molecular weight excluding hydrogens is 194 g/mol. The number of anilines is 1. The maximum absolute atomic E-state index is 12.3. The first kappa shape index (κ1) is 10.4. The standard InChI is InChI=1S/C8H8F2N2O2/c1-3-6(11)5(8(13)14)4(2-12-3)7(9)10/h2,7H,11H2,1H3,(H,13,14). The van der Waals surface area contributed by atoms with Crippen molar-refractivity contribution in [3.63, 3.8) is 0 Å². The molecule has 3 N–H and O–H groups in total. The molecule has 0 saturated carbocycles. The number of nitrogen functional groups attached to an aromatic ring is 1. The summed E-state index contributed by atoms with van der Waals surface area (Å²) in [7, 11) is 0. The molecule has 1 aromatic heterocycles. The van der Waals surface area contributed by atoms with Crippen LogP contribution in [0.3, 0.4) is 0 Å². The fraction of sp³-hybridized carbons (Fsp3) is 0.250. The van der Waals surface area contributed by atoms with Gasteiger partial charge in [-0.2, -0.15) is 0 Å². The number of carboxylic acids is 1. The van der Waals surface area contributed by atoms with Crippen LogP contribution in [0.2, 0.25) is 0 Å². The molecule has 0 fully saturated rings. The van der Waals surface area contributed by atoms with E-state index in [0.717, 1.165) is 6.20 Å². The Bertz CT molecular complexity index is 380. The van der Waals surface area contributed by atoms with Gasteiger partial charge in [0.1, 0.15) is 0 Å². The summed E-state index contributed by atoms with van der Waals surface area (Å²) in [4.78, 5) is 14.2. The van der Waals surface area contributed by atoms with Gasteiger partial charge in [-0.1, -0.05) is 0 Å². The van der Waals surface area contributed by atoms with Gasteiger partial charge in [0.25, 0.3) is 6.43 Å². The summed E-state index contributed by atoms with van der Waals surface area (Å²) in [5.74, 6) is -1.47. The molecule has 0 radical (unpaired) electrons. The topological polar surface area (TPSA) is 76.2 Å². The van der Waals surface area contributed by atoms with Crippen molar-refractivity contribution in [1.82, 2.24) is 4.98 Å². The first-order chi connectivity index (χ1) is 6.45. The SMILES string of the molecule is Cc1ncc(C(F)F)c(C(=O)O)c1N. The van der Waals surface area contributed by atoms with E-state index in [0.29, 0.717) is 0 Å². The van der Waals surface area contributed by atoms with Crippen molar-refractivity contribution in [2.45, 2.75) is 13.3 Å². The number of halogens is 2. The molecule has 0 saturated heterocycles. The molecule has 1 aromatic rings. The van der Waals surface area contributed by atoms with Gasteiger partial charge in [-0.15, -0.1) is 0 Å². The summed E-state index contributed by atoms with van der Waals surface area (Å²) >= 11 is 0. The van der Waals surface area contributed by atoms with Gasteiger partial charge in [-0.05, 0) is 6.92 Å². The Morgan fingerprint density at radius 3 is 2.64 bits per heavy atom. The largest absolute Gasteiger partial charge is 0.478 e. The number of aryl methyl sites for hydroxylation is 1. The first-order valence-corrected chi connectivity index (χ1v) is 3.71. The zero-order chi connectivity index (χ0) is 10.9. The maximum Gasteiger partial charge on any atom is 0.338 e. The highest BCUT2D eigenvalue weighted by Crippen LogP contribution is 2.27. The molecule has 4 nitrogen and oxygen atoms in total. The van der Waals surface area contributed by atoms with Gasteiger partial charge in [0.15, 0.2) is 0 Å². The number of pyridine rings is 1. The summed E-state index contributed by atoms with van der Waals surface area (Å²) in [6.45, 7) is 1.46. The number of alkyl halides is 2. The van der Waals surface area contributed by atoms with Gasteiger partial charge in [0.2, 0.25) is 0 Å². The Morgan fingerprint density at radius 1 is 1.64 bits per heavy atom. The molecule has 0 unspecified atom stereocenters. The van der Waals surface area contributed by atoms with Crippen molar-refractivity contribution in [2.75, 3.05) is 5.73 Å². The van der Waals surface area contributed by atoms with Gasteiger partial charge in [0, 0.05) is 6.20 Å². The number of aromatic nitrogens is 1. The molecular formula is C8H8F2N2O2. The zero-order valence-electron chi connectivity index (χ0n) is 7.29. The number of nitrogens with two attached hydrogens (primary N) is 1. The molecule has 14 heavy (non-hydrogen) atoms. The van der Waals surface area contributed by atoms with Crippen molar-refractivity contribution in [3.8, 4) is 0 Å². The summed E-state index contributed by atoms with van der Waals surface area (Å²) < 4.78 is 24.7. The molecule has 1 rings (SSSR count). The minimum absolute atomic E-state index is 0.213. The number of rotatable bonds is 2. The minimum Gasteiger partial charge on any atom is -0.478 e. The molecule has 0 bridgehead atoms. The second kappa shape index (κ2) is 3.57. The third-order valence-electron chi connectivity index (χ3n) is 1.79. The molecule has 0 aliphatic heterocycles. The van der Waals surface area contributed by atoms with Crippen LogP contribution in [0.4, 0.5) is 14.5 Å². The lowest BCUT2D eigenvalue weighted by Gasteiger charge is -2.08. The average Bonchev–Trinajstić information content (AvgIpc) is 2.08. The fourth-order valence-corrected chi connectivity index (χ4v) is 1.04. The molecule has 0 aromatic carbocycles. The smallest absolute Gasteiger partial charge is 0.338 e. The summed E-state index contributed by atoms with van der Waals surface area (Å²) in [5, 5.41) is 8.68. The van der Waals surface area contributed by atoms with E-state index in [1.165, 1.54) is 6.92 Å². The van der Waals surface area contributed by atoms with E-state index in [1.807, 2.05) is 0 Å². The van der Waals surface area contributed by atoms with E-state index in [-0.39, 0.29) is 11.4 Å². The third kappa shape index (κ3) is 1.63. The van der Waals surface area contributed by atoms with E-state index in [4.69, 9.17) is 10.8 Å².